The van der Waals surface area contributed by atoms with Crippen LogP contribution in [-0.4, -0.2) is 34.1 Å². The molecule has 5 nitrogen and oxygen atoms in total. The summed E-state index contributed by atoms with van der Waals surface area (Å²) in [5.41, 5.74) is 2.73. The van der Waals surface area contributed by atoms with Crippen LogP contribution in [0.2, 0.25) is 0 Å². The molecule has 29 heavy (non-hydrogen) atoms. The van der Waals surface area contributed by atoms with Crippen LogP contribution in [0.5, 0.6) is 0 Å². The number of carbonyl (C=O) groups is 1. The van der Waals surface area contributed by atoms with Gasteiger partial charge in [-0.3, -0.25) is 0 Å². The van der Waals surface area contributed by atoms with E-state index in [0.717, 1.165) is 17.4 Å². The zero-order chi connectivity index (χ0) is 20.3. The van der Waals surface area contributed by atoms with E-state index < -0.39 is 4.93 Å². The van der Waals surface area contributed by atoms with Crippen LogP contribution in [-0.2, 0) is 20.8 Å². The van der Waals surface area contributed by atoms with Crippen LogP contribution < -0.4 is 0 Å². The van der Waals surface area contributed by atoms with Crippen LogP contribution in [0.3, 0.4) is 0 Å². The third-order valence-electron chi connectivity index (χ3n) is 4.91. The van der Waals surface area contributed by atoms with Crippen LogP contribution in [0.4, 0.5) is 5.69 Å². The van der Waals surface area contributed by atoms with E-state index in [-0.39, 0.29) is 5.97 Å². The second-order valence-corrected chi connectivity index (χ2v) is 8.43. The lowest BCUT2D eigenvalue weighted by atomic mass is 10.1. The van der Waals surface area contributed by atoms with Gasteiger partial charge in [0.2, 0.25) is 0 Å². The van der Waals surface area contributed by atoms with Crippen molar-refractivity contribution in [3.05, 3.63) is 77.6 Å². The lowest BCUT2D eigenvalue weighted by molar-refractivity contribution is -0.138. The summed E-state index contributed by atoms with van der Waals surface area (Å²) in [6.45, 7) is 5.40. The molecule has 1 saturated heterocycles. The van der Waals surface area contributed by atoms with Gasteiger partial charge in [-0.2, -0.15) is 0 Å². The first-order chi connectivity index (χ1) is 14.1. The molecule has 150 valence electrons. The Kier molecular flexibility index (Phi) is 5.62. The number of esters is 1. The molecule has 0 N–H and O–H groups in total. The van der Waals surface area contributed by atoms with Crippen molar-refractivity contribution in [1.82, 2.24) is 4.90 Å². The molecule has 1 unspecified atom stereocenters. The molecular weight excluding hydrogens is 384 g/mol. The summed E-state index contributed by atoms with van der Waals surface area (Å²) in [7, 11) is 0. The molecule has 1 atom stereocenters. The number of rotatable bonds is 5. The summed E-state index contributed by atoms with van der Waals surface area (Å²) in [4.78, 5) is 18.9. The number of allylic oxidation sites excluding steroid dienone is 1. The lowest BCUT2D eigenvalue weighted by Crippen LogP contribution is -2.32. The molecule has 1 spiro atoms. The Morgan fingerprint density at radius 2 is 1.86 bits per heavy atom. The fourth-order valence-corrected chi connectivity index (χ4v) is 4.95. The summed E-state index contributed by atoms with van der Waals surface area (Å²) in [6.07, 6.45) is 0.515. The van der Waals surface area contributed by atoms with Crippen molar-refractivity contribution in [3.63, 3.8) is 0 Å². The minimum absolute atomic E-state index is 0.287. The van der Waals surface area contributed by atoms with Crippen molar-refractivity contribution in [2.45, 2.75) is 31.7 Å². The first-order valence-corrected chi connectivity index (χ1v) is 10.6. The summed E-state index contributed by atoms with van der Waals surface area (Å²) in [6, 6.07) is 20.2. The van der Waals surface area contributed by atoms with Crippen molar-refractivity contribution in [2.24, 2.45) is 4.99 Å². The molecule has 0 amide bonds. The molecular formula is C23H24N2O3S. The smallest absolute Gasteiger partial charge is 0.337 e. The average molecular weight is 409 g/mol. The Bertz CT molecular complexity index is 943. The van der Waals surface area contributed by atoms with Crippen molar-refractivity contribution in [2.75, 3.05) is 13.2 Å². The number of aliphatic imine (C=N–C) groups is 1. The fraction of sp³-hybridized carbons (Fsp3) is 0.304. The molecule has 0 saturated carbocycles. The summed E-state index contributed by atoms with van der Waals surface area (Å²) >= 11 is 1.59. The van der Waals surface area contributed by atoms with Gasteiger partial charge in [-0.1, -0.05) is 48.5 Å². The van der Waals surface area contributed by atoms with E-state index in [2.05, 4.69) is 17.0 Å². The average Bonchev–Trinajstić information content (AvgIpc) is 3.22. The van der Waals surface area contributed by atoms with Crippen LogP contribution in [0.25, 0.3) is 0 Å². The Morgan fingerprint density at radius 1 is 1.17 bits per heavy atom. The van der Waals surface area contributed by atoms with Gasteiger partial charge in [-0.25, -0.2) is 9.79 Å². The van der Waals surface area contributed by atoms with Gasteiger partial charge in [0.05, 0.1) is 24.4 Å². The summed E-state index contributed by atoms with van der Waals surface area (Å²) in [5.74, 6) is 0.363. The van der Waals surface area contributed by atoms with E-state index in [0.29, 0.717) is 30.9 Å². The summed E-state index contributed by atoms with van der Waals surface area (Å²) in [5, 5.41) is 0.901. The predicted molar refractivity (Wildman–Crippen MR) is 116 cm³/mol. The van der Waals surface area contributed by atoms with Crippen LogP contribution in [0.1, 0.15) is 25.8 Å². The van der Waals surface area contributed by atoms with E-state index >= 15 is 0 Å². The molecule has 2 heterocycles. The SMILES string of the molecule is CCOC(=O)C1=C(C)OC2(C1)CN(Cc1ccccc1)C(=Nc1ccccc1)S2. The van der Waals surface area contributed by atoms with Gasteiger partial charge in [0, 0.05) is 13.0 Å². The first kappa shape index (κ1) is 19.6. The van der Waals surface area contributed by atoms with E-state index in [9.17, 15) is 4.79 Å². The van der Waals surface area contributed by atoms with Crippen LogP contribution in [0, 0.1) is 0 Å². The monoisotopic (exact) mass is 408 g/mol. The minimum atomic E-state index is -0.547. The Labute approximate surface area is 175 Å². The molecule has 2 aromatic rings. The van der Waals surface area contributed by atoms with Crippen molar-refractivity contribution < 1.29 is 14.3 Å². The first-order valence-electron chi connectivity index (χ1n) is 9.76. The second kappa shape index (κ2) is 8.33. The highest BCUT2D eigenvalue weighted by molar-refractivity contribution is 8.15. The minimum Gasteiger partial charge on any atom is -0.478 e. The molecule has 0 aliphatic carbocycles. The predicted octanol–water partition coefficient (Wildman–Crippen LogP) is 4.88. The van der Waals surface area contributed by atoms with Gasteiger partial charge in [-0.05, 0) is 43.3 Å². The maximum Gasteiger partial charge on any atom is 0.337 e. The number of amidine groups is 1. The Morgan fingerprint density at radius 3 is 2.55 bits per heavy atom. The molecule has 1 fully saturated rings. The number of hydrogen-bond acceptors (Lipinski definition) is 5. The zero-order valence-electron chi connectivity index (χ0n) is 16.6. The van der Waals surface area contributed by atoms with E-state index in [4.69, 9.17) is 14.5 Å². The second-order valence-electron chi connectivity index (χ2n) is 7.12. The maximum atomic E-state index is 12.3. The molecule has 0 bridgehead atoms. The van der Waals surface area contributed by atoms with E-state index in [1.54, 1.807) is 11.8 Å². The molecule has 0 radical (unpaired) electrons. The van der Waals surface area contributed by atoms with Crippen molar-refractivity contribution in [3.8, 4) is 0 Å². The zero-order valence-corrected chi connectivity index (χ0v) is 17.4. The lowest BCUT2D eigenvalue weighted by Gasteiger charge is -2.23. The highest BCUT2D eigenvalue weighted by Gasteiger charge is 2.50. The van der Waals surface area contributed by atoms with E-state index in [1.165, 1.54) is 5.56 Å². The van der Waals surface area contributed by atoms with Gasteiger partial charge in [-0.15, -0.1) is 0 Å². The van der Waals surface area contributed by atoms with Gasteiger partial charge < -0.3 is 14.4 Å². The van der Waals surface area contributed by atoms with Gasteiger partial charge in [0.25, 0.3) is 0 Å². The number of hydrogen-bond donors (Lipinski definition) is 0. The normalized spacial score (nSPS) is 22.4. The molecule has 4 rings (SSSR count). The fourth-order valence-electron chi connectivity index (χ4n) is 3.61. The molecule has 2 aliphatic rings. The summed E-state index contributed by atoms with van der Waals surface area (Å²) < 4.78 is 11.5. The van der Waals surface area contributed by atoms with Gasteiger partial charge >= 0.3 is 5.97 Å². The number of thioether (sulfide) groups is 1. The standard InChI is InChI=1S/C23H24N2O3S/c1-3-27-21(26)20-14-23(28-17(20)2)16-25(15-18-10-6-4-7-11-18)22(29-23)24-19-12-8-5-9-13-19/h4-13H,3,14-16H2,1-2H3. The third kappa shape index (κ3) is 4.32. The molecule has 0 aromatic heterocycles. The number of nitrogens with zero attached hydrogens (tertiary/aromatic N) is 2. The maximum absolute atomic E-state index is 12.3. The quantitative estimate of drug-likeness (QED) is 0.660. The number of para-hydroxylation sites is 1. The van der Waals surface area contributed by atoms with Crippen molar-refractivity contribution >= 4 is 28.6 Å². The van der Waals surface area contributed by atoms with Crippen LogP contribution in [0.15, 0.2) is 77.0 Å². The number of ether oxygens (including phenoxy) is 2. The Balaban J connectivity index is 1.60. The molecule has 2 aromatic carbocycles. The molecule has 6 heteroatoms. The third-order valence-corrected chi connectivity index (χ3v) is 6.17. The highest BCUT2D eigenvalue weighted by Crippen LogP contribution is 2.49. The van der Waals surface area contributed by atoms with Crippen LogP contribution >= 0.6 is 11.8 Å². The largest absolute Gasteiger partial charge is 0.478 e. The van der Waals surface area contributed by atoms with Crippen molar-refractivity contribution in [1.29, 1.82) is 0 Å². The number of benzene rings is 2. The topological polar surface area (TPSA) is 51.1 Å². The molecule has 2 aliphatic heterocycles. The van der Waals surface area contributed by atoms with Gasteiger partial charge in [0.15, 0.2) is 10.1 Å². The highest BCUT2D eigenvalue weighted by atomic mass is 32.2. The number of carbonyl (C=O) groups excluding carboxylic acids is 1. The van der Waals surface area contributed by atoms with Gasteiger partial charge in [0.1, 0.15) is 5.76 Å². The Hall–Kier alpha value is -2.73. The van der Waals surface area contributed by atoms with E-state index in [1.807, 2.05) is 62.4 Å².